The molecular weight excluding hydrogens is 488 g/mol. The van der Waals surface area contributed by atoms with Crippen molar-refractivity contribution in [2.45, 2.75) is 37.0 Å². The van der Waals surface area contributed by atoms with E-state index in [9.17, 15) is 39.6 Å². The van der Waals surface area contributed by atoms with E-state index >= 15 is 0 Å². The fraction of sp³-hybridized carbons (Fsp3) is 0.333. The third kappa shape index (κ3) is 9.07. The number of carbonyl (C=O) groups excluding carboxylic acids is 3. The predicted octanol–water partition coefficient (Wildman–Crippen LogP) is -2.27. The van der Waals surface area contributed by atoms with Crippen molar-refractivity contribution in [1.82, 2.24) is 16.0 Å². The van der Waals surface area contributed by atoms with Crippen LogP contribution in [0.2, 0.25) is 0 Å². The predicted molar refractivity (Wildman–Crippen MR) is 129 cm³/mol. The number of carbonyl (C=O) groups is 4. The average molecular weight is 519 g/mol. The van der Waals surface area contributed by atoms with Crippen LogP contribution in [0, 0.1) is 0 Å². The summed E-state index contributed by atoms with van der Waals surface area (Å²) >= 11 is 0. The van der Waals surface area contributed by atoms with Crippen molar-refractivity contribution < 1.29 is 44.7 Å². The summed E-state index contributed by atoms with van der Waals surface area (Å²) < 4.78 is 0. The van der Waals surface area contributed by atoms with Gasteiger partial charge >= 0.3 is 5.97 Å². The van der Waals surface area contributed by atoms with Crippen LogP contribution in [-0.4, -0.2) is 86.6 Å². The molecule has 0 aromatic heterocycles. The molecule has 0 fully saturated rings. The zero-order valence-electron chi connectivity index (χ0n) is 19.7. The Balaban J connectivity index is 2.31. The molecule has 13 heteroatoms. The van der Waals surface area contributed by atoms with E-state index in [1.807, 2.05) is 0 Å². The maximum Gasteiger partial charge on any atom is 0.328 e. The molecule has 2 aromatic carbocycles. The zero-order chi connectivity index (χ0) is 27.5. The molecule has 10 N–H and O–H groups in total. The molecule has 0 saturated carbocycles. The standard InChI is InChI=1S/C24H30N4O9/c25-17(11-29)21(33)26-18(9-13-1-5-15(31)6-2-13)22(34)27-19(10-14-3-7-16(32)8-4-14)23(35)28-20(12-30)24(36)37/h1-8,17-20,29-32H,9-12,25H2,(H,26,33)(H,27,34)(H,28,35)(H,36,37). The van der Waals surface area contributed by atoms with Crippen LogP contribution in [0.25, 0.3) is 0 Å². The summed E-state index contributed by atoms with van der Waals surface area (Å²) in [7, 11) is 0. The van der Waals surface area contributed by atoms with Gasteiger partial charge < -0.3 is 47.2 Å². The highest BCUT2D eigenvalue weighted by Gasteiger charge is 2.30. The summed E-state index contributed by atoms with van der Waals surface area (Å²) in [5, 5.41) is 53.7. The van der Waals surface area contributed by atoms with E-state index in [4.69, 9.17) is 10.8 Å². The number of phenolic OH excluding ortho intramolecular Hbond substituents is 2. The summed E-state index contributed by atoms with van der Waals surface area (Å²) in [5.41, 5.74) is 6.60. The first-order valence-electron chi connectivity index (χ1n) is 11.2. The van der Waals surface area contributed by atoms with Gasteiger partial charge in [0.2, 0.25) is 17.7 Å². The molecule has 200 valence electrons. The molecular formula is C24H30N4O9. The third-order valence-electron chi connectivity index (χ3n) is 5.35. The molecule has 2 aromatic rings. The van der Waals surface area contributed by atoms with E-state index in [1.165, 1.54) is 48.5 Å². The number of nitrogens with one attached hydrogen (secondary N) is 3. The van der Waals surface area contributed by atoms with Gasteiger partial charge in [-0.1, -0.05) is 24.3 Å². The molecule has 0 spiro atoms. The summed E-state index contributed by atoms with van der Waals surface area (Å²) in [6.07, 6.45) is -0.191. The number of aliphatic hydroxyl groups is 2. The maximum atomic E-state index is 13.2. The lowest BCUT2D eigenvalue weighted by atomic mass is 10.0. The first-order valence-corrected chi connectivity index (χ1v) is 11.2. The summed E-state index contributed by atoms with van der Waals surface area (Å²) in [6.45, 7) is -1.57. The van der Waals surface area contributed by atoms with Crippen molar-refractivity contribution in [2.24, 2.45) is 5.73 Å². The van der Waals surface area contributed by atoms with Gasteiger partial charge in [-0.3, -0.25) is 14.4 Å². The molecule has 0 aliphatic heterocycles. The quantitative estimate of drug-likeness (QED) is 0.138. The maximum absolute atomic E-state index is 13.2. The summed E-state index contributed by atoms with van der Waals surface area (Å²) in [5.74, 6) is -4.09. The van der Waals surface area contributed by atoms with Crippen LogP contribution < -0.4 is 21.7 Å². The Labute approximate surface area is 211 Å². The average Bonchev–Trinajstić information content (AvgIpc) is 2.87. The Morgan fingerprint density at radius 2 is 1.03 bits per heavy atom. The summed E-state index contributed by atoms with van der Waals surface area (Å²) in [6, 6.07) is 6.00. The van der Waals surface area contributed by atoms with Crippen LogP contribution in [-0.2, 0) is 32.0 Å². The molecule has 0 aliphatic rings. The van der Waals surface area contributed by atoms with E-state index in [0.717, 1.165) is 0 Å². The van der Waals surface area contributed by atoms with Gasteiger partial charge in [0.15, 0.2) is 0 Å². The highest BCUT2D eigenvalue weighted by Crippen LogP contribution is 2.14. The van der Waals surface area contributed by atoms with Gasteiger partial charge in [0, 0.05) is 12.8 Å². The second-order valence-electron chi connectivity index (χ2n) is 8.23. The third-order valence-corrected chi connectivity index (χ3v) is 5.35. The normalized spacial score (nSPS) is 14.0. The molecule has 0 heterocycles. The second-order valence-corrected chi connectivity index (χ2v) is 8.23. The van der Waals surface area contributed by atoms with Crippen molar-refractivity contribution in [3.63, 3.8) is 0 Å². The number of phenols is 2. The molecule has 13 nitrogen and oxygen atoms in total. The minimum absolute atomic E-state index is 0.0152. The number of aliphatic hydroxyl groups excluding tert-OH is 2. The molecule has 0 bridgehead atoms. The Morgan fingerprint density at radius 1 is 0.649 bits per heavy atom. The Bertz CT molecular complexity index is 1080. The van der Waals surface area contributed by atoms with Gasteiger partial charge in [0.25, 0.3) is 0 Å². The number of rotatable bonds is 13. The summed E-state index contributed by atoms with van der Waals surface area (Å²) in [4.78, 5) is 49.7. The van der Waals surface area contributed by atoms with Gasteiger partial charge in [-0.05, 0) is 35.4 Å². The van der Waals surface area contributed by atoms with Gasteiger partial charge in [-0.2, -0.15) is 0 Å². The van der Waals surface area contributed by atoms with E-state index in [2.05, 4.69) is 16.0 Å². The minimum Gasteiger partial charge on any atom is -0.508 e. The van der Waals surface area contributed by atoms with Crippen molar-refractivity contribution in [2.75, 3.05) is 13.2 Å². The van der Waals surface area contributed by atoms with Crippen molar-refractivity contribution in [3.05, 3.63) is 59.7 Å². The molecule has 3 amide bonds. The molecule has 0 aliphatic carbocycles. The van der Waals surface area contributed by atoms with Crippen LogP contribution >= 0.6 is 0 Å². The number of hydrogen-bond acceptors (Lipinski definition) is 9. The van der Waals surface area contributed by atoms with Gasteiger partial charge in [-0.15, -0.1) is 0 Å². The SMILES string of the molecule is NC(CO)C(=O)NC(Cc1ccc(O)cc1)C(=O)NC(Cc1ccc(O)cc1)C(=O)NC(CO)C(=O)O. The number of hydrogen-bond donors (Lipinski definition) is 9. The number of benzene rings is 2. The number of aromatic hydroxyl groups is 2. The fourth-order valence-corrected chi connectivity index (χ4v) is 3.25. The number of aliphatic carboxylic acids is 1. The number of carboxylic acids is 1. The van der Waals surface area contributed by atoms with Gasteiger partial charge in [-0.25, -0.2) is 4.79 Å². The lowest BCUT2D eigenvalue weighted by Gasteiger charge is -2.25. The Kier molecular flexibility index (Phi) is 10.8. The molecule has 4 unspecified atom stereocenters. The van der Waals surface area contributed by atoms with Crippen molar-refractivity contribution in [3.8, 4) is 11.5 Å². The van der Waals surface area contributed by atoms with Gasteiger partial charge in [0.1, 0.15) is 35.7 Å². The number of carboxylic acid groups (broad SMARTS) is 1. The highest BCUT2D eigenvalue weighted by molar-refractivity contribution is 5.94. The molecule has 0 saturated heterocycles. The van der Waals surface area contributed by atoms with Crippen LogP contribution in [0.4, 0.5) is 0 Å². The van der Waals surface area contributed by atoms with Gasteiger partial charge in [0.05, 0.1) is 13.2 Å². The highest BCUT2D eigenvalue weighted by atomic mass is 16.4. The van der Waals surface area contributed by atoms with Crippen LogP contribution in [0.3, 0.4) is 0 Å². The Morgan fingerprint density at radius 3 is 1.38 bits per heavy atom. The molecule has 0 radical (unpaired) electrons. The topological polar surface area (TPSA) is 232 Å². The fourth-order valence-electron chi connectivity index (χ4n) is 3.25. The molecule has 4 atom stereocenters. The van der Waals surface area contributed by atoms with Crippen molar-refractivity contribution >= 4 is 23.7 Å². The van der Waals surface area contributed by atoms with Crippen LogP contribution in [0.1, 0.15) is 11.1 Å². The monoisotopic (exact) mass is 518 g/mol. The Hall–Kier alpha value is -4.20. The molecule has 37 heavy (non-hydrogen) atoms. The smallest absolute Gasteiger partial charge is 0.328 e. The first-order chi connectivity index (χ1) is 17.5. The molecule has 2 rings (SSSR count). The van der Waals surface area contributed by atoms with E-state index in [-0.39, 0.29) is 24.3 Å². The van der Waals surface area contributed by atoms with Crippen molar-refractivity contribution in [1.29, 1.82) is 0 Å². The lowest BCUT2D eigenvalue weighted by molar-refractivity contribution is -0.143. The largest absolute Gasteiger partial charge is 0.508 e. The minimum atomic E-state index is -1.62. The van der Waals surface area contributed by atoms with Crippen LogP contribution in [0.5, 0.6) is 11.5 Å². The number of amides is 3. The second kappa shape index (κ2) is 13.8. The first kappa shape index (κ1) is 29.0. The lowest BCUT2D eigenvalue weighted by Crippen LogP contribution is -2.58. The van der Waals surface area contributed by atoms with E-state index < -0.39 is 61.1 Å². The van der Waals surface area contributed by atoms with E-state index in [0.29, 0.717) is 11.1 Å². The number of nitrogens with two attached hydrogens (primary N) is 1. The zero-order valence-corrected chi connectivity index (χ0v) is 19.7. The van der Waals surface area contributed by atoms with Crippen LogP contribution in [0.15, 0.2) is 48.5 Å². The van der Waals surface area contributed by atoms with E-state index in [1.54, 1.807) is 0 Å².